The van der Waals surface area contributed by atoms with Gasteiger partial charge in [0.15, 0.2) is 0 Å². The van der Waals surface area contributed by atoms with E-state index in [-0.39, 0.29) is 5.91 Å². The van der Waals surface area contributed by atoms with Gasteiger partial charge >= 0.3 is 0 Å². The number of hydrogen-bond donors (Lipinski definition) is 1. The van der Waals surface area contributed by atoms with E-state index in [1.807, 2.05) is 19.1 Å². The van der Waals surface area contributed by atoms with Gasteiger partial charge in [-0.1, -0.05) is 29.3 Å². The number of carbonyl (C=O) groups excluding carboxylic acids is 1. The van der Waals surface area contributed by atoms with Crippen molar-refractivity contribution in [2.24, 2.45) is 5.10 Å². The van der Waals surface area contributed by atoms with Gasteiger partial charge in [-0.25, -0.2) is 5.43 Å². The molecule has 0 radical (unpaired) electrons. The van der Waals surface area contributed by atoms with Crippen LogP contribution in [0.2, 0.25) is 0 Å². The Morgan fingerprint density at radius 2 is 2.00 bits per heavy atom. The van der Waals surface area contributed by atoms with Gasteiger partial charge in [0, 0.05) is 15.7 Å². The monoisotopic (exact) mass is 282 g/mol. The van der Waals surface area contributed by atoms with E-state index in [1.54, 1.807) is 12.1 Å². The SMILES string of the molecule is CCCC(C)=NNC(=O)c1ccc(Br)cc1. The number of carbonyl (C=O) groups is 1. The van der Waals surface area contributed by atoms with Crippen LogP contribution in [0.1, 0.15) is 37.0 Å². The molecule has 1 N–H and O–H groups in total. The maximum Gasteiger partial charge on any atom is 0.271 e. The Kier molecular flexibility index (Phi) is 5.19. The van der Waals surface area contributed by atoms with Crippen LogP contribution in [-0.2, 0) is 0 Å². The van der Waals surface area contributed by atoms with E-state index in [0.717, 1.165) is 23.0 Å². The van der Waals surface area contributed by atoms with Crippen molar-refractivity contribution in [3.63, 3.8) is 0 Å². The highest BCUT2D eigenvalue weighted by atomic mass is 79.9. The number of amides is 1. The zero-order chi connectivity index (χ0) is 12.0. The predicted octanol–water partition coefficient (Wildman–Crippen LogP) is 3.35. The van der Waals surface area contributed by atoms with Crippen LogP contribution in [0.4, 0.5) is 0 Å². The van der Waals surface area contributed by atoms with E-state index in [2.05, 4.69) is 33.4 Å². The molecular formula is C12H15BrN2O. The van der Waals surface area contributed by atoms with Gasteiger partial charge in [-0.15, -0.1) is 0 Å². The Bertz CT molecular complexity index is 385. The molecule has 0 saturated carbocycles. The van der Waals surface area contributed by atoms with Gasteiger partial charge in [-0.3, -0.25) is 4.79 Å². The minimum Gasteiger partial charge on any atom is -0.267 e. The Morgan fingerprint density at radius 1 is 1.38 bits per heavy atom. The Hall–Kier alpha value is -1.16. The van der Waals surface area contributed by atoms with Gasteiger partial charge < -0.3 is 0 Å². The quantitative estimate of drug-likeness (QED) is 0.668. The first kappa shape index (κ1) is 12.9. The maximum absolute atomic E-state index is 11.6. The first-order valence-electron chi connectivity index (χ1n) is 5.22. The fourth-order valence-corrected chi connectivity index (χ4v) is 1.49. The fourth-order valence-electron chi connectivity index (χ4n) is 1.23. The van der Waals surface area contributed by atoms with Crippen molar-refractivity contribution in [1.82, 2.24) is 5.43 Å². The van der Waals surface area contributed by atoms with Crippen LogP contribution in [0.5, 0.6) is 0 Å². The molecule has 16 heavy (non-hydrogen) atoms. The molecular weight excluding hydrogens is 268 g/mol. The Balaban J connectivity index is 2.59. The van der Waals surface area contributed by atoms with E-state index in [4.69, 9.17) is 0 Å². The van der Waals surface area contributed by atoms with Gasteiger partial charge in [0.05, 0.1) is 0 Å². The molecule has 0 saturated heterocycles. The van der Waals surface area contributed by atoms with Gasteiger partial charge in [0.25, 0.3) is 5.91 Å². The first-order valence-corrected chi connectivity index (χ1v) is 6.02. The van der Waals surface area contributed by atoms with Crippen molar-refractivity contribution in [3.8, 4) is 0 Å². The molecule has 0 unspecified atom stereocenters. The second-order valence-electron chi connectivity index (χ2n) is 3.54. The molecule has 0 fully saturated rings. The average molecular weight is 283 g/mol. The second-order valence-corrected chi connectivity index (χ2v) is 4.46. The molecule has 1 aromatic carbocycles. The highest BCUT2D eigenvalue weighted by molar-refractivity contribution is 9.10. The predicted molar refractivity (Wildman–Crippen MR) is 69.6 cm³/mol. The minimum atomic E-state index is -0.178. The molecule has 0 atom stereocenters. The molecule has 0 aliphatic carbocycles. The van der Waals surface area contributed by atoms with Crippen molar-refractivity contribution in [2.45, 2.75) is 26.7 Å². The summed E-state index contributed by atoms with van der Waals surface area (Å²) in [5, 5.41) is 4.02. The zero-order valence-electron chi connectivity index (χ0n) is 9.46. The lowest BCUT2D eigenvalue weighted by atomic mass is 10.2. The highest BCUT2D eigenvalue weighted by Crippen LogP contribution is 2.10. The summed E-state index contributed by atoms with van der Waals surface area (Å²) in [7, 11) is 0. The summed E-state index contributed by atoms with van der Waals surface area (Å²) >= 11 is 3.32. The summed E-state index contributed by atoms with van der Waals surface area (Å²) in [4.78, 5) is 11.6. The molecule has 1 amide bonds. The van der Waals surface area contributed by atoms with Crippen molar-refractivity contribution in [2.75, 3.05) is 0 Å². The third-order valence-electron chi connectivity index (χ3n) is 2.07. The first-order chi connectivity index (χ1) is 7.63. The van der Waals surface area contributed by atoms with Crippen LogP contribution in [0, 0.1) is 0 Å². The molecule has 0 spiro atoms. The van der Waals surface area contributed by atoms with Crippen LogP contribution >= 0.6 is 15.9 Å². The number of benzene rings is 1. The van der Waals surface area contributed by atoms with E-state index in [0.29, 0.717) is 5.56 Å². The molecule has 0 bridgehead atoms. The molecule has 4 heteroatoms. The summed E-state index contributed by atoms with van der Waals surface area (Å²) in [6, 6.07) is 7.17. The van der Waals surface area contributed by atoms with Crippen molar-refractivity contribution in [1.29, 1.82) is 0 Å². The lowest BCUT2D eigenvalue weighted by Crippen LogP contribution is -2.18. The third-order valence-corrected chi connectivity index (χ3v) is 2.60. The molecule has 0 heterocycles. The highest BCUT2D eigenvalue weighted by Gasteiger charge is 2.03. The largest absolute Gasteiger partial charge is 0.271 e. The van der Waals surface area contributed by atoms with E-state index >= 15 is 0 Å². The lowest BCUT2D eigenvalue weighted by molar-refractivity contribution is 0.0954. The molecule has 0 aliphatic heterocycles. The molecule has 1 aromatic rings. The van der Waals surface area contributed by atoms with Crippen LogP contribution in [0.3, 0.4) is 0 Å². The molecule has 86 valence electrons. The summed E-state index contributed by atoms with van der Waals surface area (Å²) in [5.74, 6) is -0.178. The standard InChI is InChI=1S/C12H15BrN2O/c1-3-4-9(2)14-15-12(16)10-5-7-11(13)8-6-10/h5-8H,3-4H2,1-2H3,(H,15,16). The number of halogens is 1. The number of rotatable bonds is 4. The van der Waals surface area contributed by atoms with Gasteiger partial charge in [-0.05, 0) is 37.6 Å². The summed E-state index contributed by atoms with van der Waals surface area (Å²) < 4.78 is 0.953. The van der Waals surface area contributed by atoms with E-state index in [1.165, 1.54) is 0 Å². The fraction of sp³-hybridized carbons (Fsp3) is 0.333. The van der Waals surface area contributed by atoms with Crippen LogP contribution in [-0.4, -0.2) is 11.6 Å². The van der Waals surface area contributed by atoms with Crippen LogP contribution in [0.25, 0.3) is 0 Å². The van der Waals surface area contributed by atoms with Crippen molar-refractivity contribution < 1.29 is 4.79 Å². The lowest BCUT2D eigenvalue weighted by Gasteiger charge is -2.01. The van der Waals surface area contributed by atoms with Gasteiger partial charge in [0.1, 0.15) is 0 Å². The van der Waals surface area contributed by atoms with Gasteiger partial charge in [0.2, 0.25) is 0 Å². The van der Waals surface area contributed by atoms with Crippen molar-refractivity contribution >= 4 is 27.5 Å². The normalized spacial score (nSPS) is 11.3. The Labute approximate surface area is 104 Å². The van der Waals surface area contributed by atoms with Crippen molar-refractivity contribution in [3.05, 3.63) is 34.3 Å². The molecule has 0 aliphatic rings. The number of nitrogens with one attached hydrogen (secondary N) is 1. The summed E-state index contributed by atoms with van der Waals surface area (Å²) in [6.45, 7) is 3.99. The Morgan fingerprint density at radius 3 is 2.56 bits per heavy atom. The molecule has 1 rings (SSSR count). The van der Waals surface area contributed by atoms with E-state index < -0.39 is 0 Å². The maximum atomic E-state index is 11.6. The summed E-state index contributed by atoms with van der Waals surface area (Å²) in [5.41, 5.74) is 4.08. The average Bonchev–Trinajstić information content (AvgIpc) is 2.27. The van der Waals surface area contributed by atoms with Crippen LogP contribution in [0.15, 0.2) is 33.8 Å². The minimum absolute atomic E-state index is 0.178. The smallest absolute Gasteiger partial charge is 0.267 e. The van der Waals surface area contributed by atoms with Crippen LogP contribution < -0.4 is 5.43 Å². The molecule has 3 nitrogen and oxygen atoms in total. The second kappa shape index (κ2) is 6.43. The number of hydrogen-bond acceptors (Lipinski definition) is 2. The molecule has 0 aromatic heterocycles. The third kappa shape index (κ3) is 4.14. The summed E-state index contributed by atoms with van der Waals surface area (Å²) in [6.07, 6.45) is 1.93. The number of nitrogens with zero attached hydrogens (tertiary/aromatic N) is 1. The van der Waals surface area contributed by atoms with E-state index in [9.17, 15) is 4.79 Å². The topological polar surface area (TPSA) is 41.5 Å². The van der Waals surface area contributed by atoms with Gasteiger partial charge in [-0.2, -0.15) is 5.10 Å². The number of hydrazone groups is 1. The zero-order valence-corrected chi connectivity index (χ0v) is 11.0.